The molecule has 138 valence electrons. The Balaban J connectivity index is 1.19. The summed E-state index contributed by atoms with van der Waals surface area (Å²) in [6.45, 7) is 1.19. The van der Waals surface area contributed by atoms with Crippen LogP contribution in [0.1, 0.15) is 24.3 Å². The molecule has 8 nitrogen and oxygen atoms in total. The zero-order valence-corrected chi connectivity index (χ0v) is 14.3. The van der Waals surface area contributed by atoms with Crippen LogP contribution in [-0.2, 0) is 0 Å². The molecule has 5 rings (SSSR count). The van der Waals surface area contributed by atoms with Gasteiger partial charge in [0.15, 0.2) is 17.3 Å². The maximum absolute atomic E-state index is 11.1. The summed E-state index contributed by atoms with van der Waals surface area (Å²) in [4.78, 5) is 8.44. The second kappa shape index (κ2) is 6.46. The molecule has 3 aromatic rings. The first-order chi connectivity index (χ1) is 13.2. The van der Waals surface area contributed by atoms with Crippen LogP contribution >= 0.6 is 0 Å². The lowest BCUT2D eigenvalue weighted by molar-refractivity contribution is -0.277. The van der Waals surface area contributed by atoms with Crippen molar-refractivity contribution in [3.05, 3.63) is 42.2 Å². The molecule has 2 aliphatic rings. The van der Waals surface area contributed by atoms with Crippen molar-refractivity contribution in [2.75, 3.05) is 13.2 Å². The summed E-state index contributed by atoms with van der Waals surface area (Å²) in [6, 6.07) is 7.39. The number of fused-ring (bicyclic) bond motifs is 1. The number of hydrogen-bond donors (Lipinski definition) is 0. The van der Waals surface area contributed by atoms with Crippen LogP contribution in [0.5, 0.6) is 23.3 Å². The van der Waals surface area contributed by atoms with Crippen LogP contribution in [0.15, 0.2) is 41.2 Å². The largest absolute Gasteiger partial charge is 0.856 e. The first-order valence-electron chi connectivity index (χ1n) is 8.77. The summed E-state index contributed by atoms with van der Waals surface area (Å²) in [5, 5.41) is 14.4. The van der Waals surface area contributed by atoms with Gasteiger partial charge in [-0.05, 0) is 36.5 Å². The lowest BCUT2D eigenvalue weighted by Gasteiger charge is -2.35. The SMILES string of the molecule is [O-]c1cc(-c2cnc(OC3CC(c4ccc5c(c4)OCCO5)C3)cn2)on1. The lowest BCUT2D eigenvalue weighted by Crippen LogP contribution is -2.32. The molecule has 0 bridgehead atoms. The molecule has 3 heterocycles. The number of rotatable bonds is 4. The second-order valence-corrected chi connectivity index (χ2v) is 6.58. The number of ether oxygens (including phenoxy) is 3. The molecule has 0 atom stereocenters. The molecule has 0 spiro atoms. The highest BCUT2D eigenvalue weighted by Crippen LogP contribution is 2.42. The summed E-state index contributed by atoms with van der Waals surface area (Å²) in [6.07, 6.45) is 4.95. The van der Waals surface area contributed by atoms with Crippen molar-refractivity contribution in [3.8, 4) is 34.7 Å². The smallest absolute Gasteiger partial charge is 0.232 e. The van der Waals surface area contributed by atoms with Crippen LogP contribution in [0, 0.1) is 0 Å². The number of aromatic nitrogens is 3. The van der Waals surface area contributed by atoms with Gasteiger partial charge < -0.3 is 23.8 Å². The standard InChI is InChI=1S/C19H17N3O5/c23-18-8-16(27-22-18)14-9-21-19(10-20-14)26-13-5-12(6-13)11-1-2-15-17(7-11)25-4-3-24-15/h1-2,7-10,12-13H,3-6H2,(H,22,23)/p-1. The maximum Gasteiger partial charge on any atom is 0.232 e. The Morgan fingerprint density at radius 2 is 1.85 bits per heavy atom. The van der Waals surface area contributed by atoms with Gasteiger partial charge in [-0.15, -0.1) is 0 Å². The summed E-state index contributed by atoms with van der Waals surface area (Å²) >= 11 is 0. The Labute approximate surface area is 154 Å². The van der Waals surface area contributed by atoms with Crippen molar-refractivity contribution in [2.24, 2.45) is 0 Å². The normalized spacial score (nSPS) is 20.7. The fraction of sp³-hybridized carbons (Fsp3) is 0.316. The molecule has 1 aromatic carbocycles. The summed E-state index contributed by atoms with van der Waals surface area (Å²) in [7, 11) is 0. The Bertz CT molecular complexity index is 950. The monoisotopic (exact) mass is 366 g/mol. The van der Waals surface area contributed by atoms with E-state index in [2.05, 4.69) is 27.3 Å². The summed E-state index contributed by atoms with van der Waals surface area (Å²) < 4.78 is 22.0. The van der Waals surface area contributed by atoms with E-state index in [1.165, 1.54) is 24.0 Å². The van der Waals surface area contributed by atoms with Crippen molar-refractivity contribution >= 4 is 0 Å². The first-order valence-corrected chi connectivity index (χ1v) is 8.77. The quantitative estimate of drug-likeness (QED) is 0.693. The Morgan fingerprint density at radius 1 is 1.00 bits per heavy atom. The molecular formula is C19H16N3O5-. The van der Waals surface area contributed by atoms with Gasteiger partial charge in [-0.3, -0.25) is 0 Å². The minimum Gasteiger partial charge on any atom is -0.856 e. The highest BCUT2D eigenvalue weighted by molar-refractivity contribution is 5.51. The Kier molecular flexibility index (Phi) is 3.81. The van der Waals surface area contributed by atoms with E-state index >= 15 is 0 Å². The van der Waals surface area contributed by atoms with E-state index < -0.39 is 5.88 Å². The van der Waals surface area contributed by atoms with E-state index in [1.807, 2.05) is 6.07 Å². The van der Waals surface area contributed by atoms with Gasteiger partial charge in [0.1, 0.15) is 25.0 Å². The molecule has 0 amide bonds. The third kappa shape index (κ3) is 3.14. The van der Waals surface area contributed by atoms with Crippen molar-refractivity contribution in [1.82, 2.24) is 15.1 Å². The van der Waals surface area contributed by atoms with E-state index in [0.717, 1.165) is 24.3 Å². The van der Waals surface area contributed by atoms with Gasteiger partial charge in [0.2, 0.25) is 5.88 Å². The number of nitrogens with zero attached hydrogens (tertiary/aromatic N) is 3. The molecule has 1 saturated carbocycles. The topological polar surface area (TPSA) is 103 Å². The average molecular weight is 366 g/mol. The highest BCUT2D eigenvalue weighted by atomic mass is 16.6. The van der Waals surface area contributed by atoms with Gasteiger partial charge in [-0.25, -0.2) is 9.97 Å². The fourth-order valence-electron chi connectivity index (χ4n) is 3.30. The van der Waals surface area contributed by atoms with Gasteiger partial charge in [0.05, 0.1) is 12.4 Å². The van der Waals surface area contributed by atoms with Gasteiger partial charge in [0.25, 0.3) is 0 Å². The van der Waals surface area contributed by atoms with Crippen LogP contribution in [0.2, 0.25) is 0 Å². The van der Waals surface area contributed by atoms with E-state index in [1.54, 1.807) is 0 Å². The fourth-order valence-corrected chi connectivity index (χ4v) is 3.30. The summed E-state index contributed by atoms with van der Waals surface area (Å²) in [5.41, 5.74) is 1.68. The molecule has 0 N–H and O–H groups in total. The Morgan fingerprint density at radius 3 is 2.59 bits per heavy atom. The van der Waals surface area contributed by atoms with E-state index in [0.29, 0.717) is 36.5 Å². The Hall–Kier alpha value is -3.29. The predicted molar refractivity (Wildman–Crippen MR) is 90.8 cm³/mol. The molecule has 1 fully saturated rings. The molecule has 1 aliphatic heterocycles. The minimum atomic E-state index is -0.438. The number of benzene rings is 1. The summed E-state index contributed by atoms with van der Waals surface area (Å²) in [5.74, 6) is 2.36. The van der Waals surface area contributed by atoms with Crippen LogP contribution in [-0.4, -0.2) is 34.4 Å². The molecule has 2 aromatic heterocycles. The van der Waals surface area contributed by atoms with Gasteiger partial charge in [0, 0.05) is 11.9 Å². The van der Waals surface area contributed by atoms with E-state index in [4.69, 9.17) is 18.7 Å². The van der Waals surface area contributed by atoms with E-state index in [9.17, 15) is 5.11 Å². The van der Waals surface area contributed by atoms with Gasteiger partial charge in [-0.1, -0.05) is 11.2 Å². The van der Waals surface area contributed by atoms with Crippen molar-refractivity contribution in [3.63, 3.8) is 0 Å². The maximum atomic E-state index is 11.1. The third-order valence-corrected chi connectivity index (χ3v) is 4.79. The van der Waals surface area contributed by atoms with Crippen LogP contribution in [0.4, 0.5) is 0 Å². The predicted octanol–water partition coefficient (Wildman–Crippen LogP) is 2.30. The molecular weight excluding hydrogens is 350 g/mol. The average Bonchev–Trinajstić information content (AvgIpc) is 3.11. The highest BCUT2D eigenvalue weighted by Gasteiger charge is 2.33. The molecule has 1 aliphatic carbocycles. The second-order valence-electron chi connectivity index (χ2n) is 6.58. The molecule has 0 unspecified atom stereocenters. The molecule has 0 radical (unpaired) electrons. The van der Waals surface area contributed by atoms with Gasteiger partial charge >= 0.3 is 0 Å². The number of hydrogen-bond acceptors (Lipinski definition) is 8. The van der Waals surface area contributed by atoms with Crippen LogP contribution in [0.3, 0.4) is 0 Å². The van der Waals surface area contributed by atoms with E-state index in [-0.39, 0.29) is 6.10 Å². The molecule has 27 heavy (non-hydrogen) atoms. The zero-order valence-electron chi connectivity index (χ0n) is 14.3. The van der Waals surface area contributed by atoms with Gasteiger partial charge in [-0.2, -0.15) is 0 Å². The zero-order chi connectivity index (χ0) is 18.2. The van der Waals surface area contributed by atoms with Crippen molar-refractivity contribution < 1.29 is 23.8 Å². The van der Waals surface area contributed by atoms with Crippen LogP contribution < -0.4 is 19.3 Å². The first kappa shape index (κ1) is 15.9. The molecule has 8 heteroatoms. The van der Waals surface area contributed by atoms with Crippen molar-refractivity contribution in [1.29, 1.82) is 0 Å². The minimum absolute atomic E-state index is 0.0990. The third-order valence-electron chi connectivity index (χ3n) is 4.79. The van der Waals surface area contributed by atoms with Crippen molar-refractivity contribution in [2.45, 2.75) is 24.9 Å². The van der Waals surface area contributed by atoms with Crippen LogP contribution in [0.25, 0.3) is 11.5 Å². The lowest BCUT2D eigenvalue weighted by atomic mass is 9.77. The molecule has 0 saturated heterocycles.